The fourth-order valence-electron chi connectivity index (χ4n) is 4.20. The maximum Gasteiger partial charge on any atom is 0.237 e. The first-order chi connectivity index (χ1) is 9.58. The van der Waals surface area contributed by atoms with Gasteiger partial charge in [0.2, 0.25) is 5.91 Å². The second kappa shape index (κ2) is 6.90. The Hall–Kier alpha value is -0.610. The smallest absolute Gasteiger partial charge is 0.237 e. The molecule has 0 aromatic carbocycles. The fraction of sp³-hybridized carbons (Fsp3) is 0.938. The zero-order valence-corrected chi connectivity index (χ0v) is 12.9. The minimum atomic E-state index is -0.744. The Morgan fingerprint density at radius 2 is 1.90 bits per heavy atom. The average Bonchev–Trinajstić information content (AvgIpc) is 2.84. The molecule has 4 heteroatoms. The van der Waals surface area contributed by atoms with Crippen LogP contribution in [-0.4, -0.2) is 35.5 Å². The monoisotopic (exact) mass is 281 g/mol. The van der Waals surface area contributed by atoms with E-state index >= 15 is 0 Å². The standard InChI is InChI=1S/C16H31N3O/c1-2-19(14-8-4-3-5-9-14)12-10-13-7-6-11-16(13,18)15(17)20/h13-14H,2-12,18H2,1H3,(H2,17,20). The van der Waals surface area contributed by atoms with Gasteiger partial charge in [-0.25, -0.2) is 0 Å². The van der Waals surface area contributed by atoms with E-state index in [1.54, 1.807) is 0 Å². The summed E-state index contributed by atoms with van der Waals surface area (Å²) in [5.74, 6) is -0.0293. The second-order valence-electron chi connectivity index (χ2n) is 6.70. The predicted molar refractivity (Wildman–Crippen MR) is 82.2 cm³/mol. The van der Waals surface area contributed by atoms with Gasteiger partial charge in [0.15, 0.2) is 0 Å². The zero-order valence-electron chi connectivity index (χ0n) is 12.9. The number of rotatable bonds is 6. The molecule has 0 saturated heterocycles. The Kier molecular flexibility index (Phi) is 5.44. The van der Waals surface area contributed by atoms with E-state index in [0.717, 1.165) is 44.8 Å². The molecule has 4 nitrogen and oxygen atoms in total. The Bertz CT molecular complexity index is 328. The molecule has 2 atom stereocenters. The summed E-state index contributed by atoms with van der Waals surface area (Å²) >= 11 is 0. The van der Waals surface area contributed by atoms with E-state index in [0.29, 0.717) is 0 Å². The van der Waals surface area contributed by atoms with Gasteiger partial charge < -0.3 is 16.4 Å². The highest BCUT2D eigenvalue weighted by Gasteiger charge is 2.44. The lowest BCUT2D eigenvalue weighted by molar-refractivity contribution is -0.124. The van der Waals surface area contributed by atoms with Gasteiger partial charge in [-0.3, -0.25) is 4.79 Å². The average molecular weight is 281 g/mol. The van der Waals surface area contributed by atoms with Crippen molar-refractivity contribution >= 4 is 5.91 Å². The van der Waals surface area contributed by atoms with Gasteiger partial charge in [-0.15, -0.1) is 0 Å². The highest BCUT2D eigenvalue weighted by Crippen LogP contribution is 2.36. The Balaban J connectivity index is 1.87. The molecule has 116 valence electrons. The van der Waals surface area contributed by atoms with Crippen molar-refractivity contribution < 1.29 is 4.79 Å². The van der Waals surface area contributed by atoms with E-state index in [2.05, 4.69) is 11.8 Å². The number of nitrogens with zero attached hydrogens (tertiary/aromatic N) is 1. The number of primary amides is 1. The topological polar surface area (TPSA) is 72.3 Å². The molecule has 2 aliphatic rings. The number of carbonyl (C=O) groups is 1. The summed E-state index contributed by atoms with van der Waals surface area (Å²) in [6, 6.07) is 0.746. The Morgan fingerprint density at radius 3 is 2.50 bits per heavy atom. The van der Waals surface area contributed by atoms with Gasteiger partial charge in [-0.05, 0) is 51.1 Å². The molecule has 0 heterocycles. The van der Waals surface area contributed by atoms with E-state index in [1.807, 2.05) is 0 Å². The molecule has 0 aromatic heterocycles. The molecule has 4 N–H and O–H groups in total. The van der Waals surface area contributed by atoms with Gasteiger partial charge in [0.1, 0.15) is 0 Å². The van der Waals surface area contributed by atoms with Crippen LogP contribution in [0.15, 0.2) is 0 Å². The van der Waals surface area contributed by atoms with Crippen LogP contribution >= 0.6 is 0 Å². The molecule has 0 aliphatic heterocycles. The number of hydrogen-bond acceptors (Lipinski definition) is 3. The van der Waals surface area contributed by atoms with Crippen LogP contribution in [0, 0.1) is 5.92 Å². The van der Waals surface area contributed by atoms with Crippen LogP contribution in [0.5, 0.6) is 0 Å². The van der Waals surface area contributed by atoms with Crippen molar-refractivity contribution in [1.29, 1.82) is 0 Å². The van der Waals surface area contributed by atoms with Crippen molar-refractivity contribution in [3.8, 4) is 0 Å². The number of nitrogens with two attached hydrogens (primary N) is 2. The first-order valence-electron chi connectivity index (χ1n) is 8.40. The molecule has 0 spiro atoms. The molecule has 2 saturated carbocycles. The maximum atomic E-state index is 11.6. The van der Waals surface area contributed by atoms with E-state index < -0.39 is 5.54 Å². The van der Waals surface area contributed by atoms with E-state index in [9.17, 15) is 4.79 Å². The first-order valence-corrected chi connectivity index (χ1v) is 8.40. The normalized spacial score (nSPS) is 31.9. The van der Waals surface area contributed by atoms with Crippen molar-refractivity contribution in [2.24, 2.45) is 17.4 Å². The highest BCUT2D eigenvalue weighted by molar-refractivity contribution is 5.85. The third kappa shape index (κ3) is 3.34. The quantitative estimate of drug-likeness (QED) is 0.782. The van der Waals surface area contributed by atoms with Crippen LogP contribution in [0.3, 0.4) is 0 Å². The van der Waals surface area contributed by atoms with E-state index in [-0.39, 0.29) is 11.8 Å². The summed E-state index contributed by atoms with van der Waals surface area (Å²) < 4.78 is 0. The van der Waals surface area contributed by atoms with Crippen LogP contribution in [-0.2, 0) is 4.79 Å². The number of carbonyl (C=O) groups excluding carboxylic acids is 1. The van der Waals surface area contributed by atoms with Crippen LogP contribution in [0.25, 0.3) is 0 Å². The Labute approximate surface area is 123 Å². The molecular formula is C16H31N3O. The van der Waals surface area contributed by atoms with Gasteiger partial charge in [0.25, 0.3) is 0 Å². The molecule has 2 aliphatic carbocycles. The summed E-state index contributed by atoms with van der Waals surface area (Å²) in [6.45, 7) is 4.41. The molecular weight excluding hydrogens is 250 g/mol. The highest BCUT2D eigenvalue weighted by atomic mass is 16.1. The first kappa shape index (κ1) is 15.8. The van der Waals surface area contributed by atoms with E-state index in [1.165, 1.54) is 32.1 Å². The lowest BCUT2D eigenvalue weighted by Crippen LogP contribution is -2.55. The van der Waals surface area contributed by atoms with Crippen molar-refractivity contribution in [1.82, 2.24) is 4.90 Å². The largest absolute Gasteiger partial charge is 0.368 e. The molecule has 20 heavy (non-hydrogen) atoms. The predicted octanol–water partition coefficient (Wildman–Crippen LogP) is 2.01. The summed E-state index contributed by atoms with van der Waals surface area (Å²) in [5.41, 5.74) is 11.0. The van der Waals surface area contributed by atoms with Crippen molar-refractivity contribution in [2.75, 3.05) is 13.1 Å². The van der Waals surface area contributed by atoms with Gasteiger partial charge in [-0.1, -0.05) is 32.6 Å². The van der Waals surface area contributed by atoms with Gasteiger partial charge >= 0.3 is 0 Å². The molecule has 0 bridgehead atoms. The molecule has 2 rings (SSSR count). The van der Waals surface area contributed by atoms with Crippen molar-refractivity contribution in [3.05, 3.63) is 0 Å². The SMILES string of the molecule is CCN(CCC1CCCC1(N)C(N)=O)C1CCCCC1. The maximum absolute atomic E-state index is 11.6. The van der Waals surface area contributed by atoms with Crippen molar-refractivity contribution in [2.45, 2.75) is 76.3 Å². The fourth-order valence-corrected chi connectivity index (χ4v) is 4.20. The molecule has 2 unspecified atom stereocenters. The second-order valence-corrected chi connectivity index (χ2v) is 6.70. The summed E-state index contributed by atoms with van der Waals surface area (Å²) in [4.78, 5) is 14.2. The van der Waals surface area contributed by atoms with Crippen LogP contribution in [0.2, 0.25) is 0 Å². The number of hydrogen-bond donors (Lipinski definition) is 2. The van der Waals surface area contributed by atoms with Crippen LogP contribution in [0.1, 0.15) is 64.7 Å². The Morgan fingerprint density at radius 1 is 1.20 bits per heavy atom. The third-order valence-electron chi connectivity index (χ3n) is 5.59. The lowest BCUT2D eigenvalue weighted by atomic mass is 9.84. The molecule has 0 radical (unpaired) electrons. The summed E-state index contributed by atoms with van der Waals surface area (Å²) in [7, 11) is 0. The van der Waals surface area contributed by atoms with Gasteiger partial charge in [-0.2, -0.15) is 0 Å². The minimum absolute atomic E-state index is 0.276. The molecule has 0 aromatic rings. The summed E-state index contributed by atoms with van der Waals surface area (Å²) in [5, 5.41) is 0. The summed E-state index contributed by atoms with van der Waals surface area (Å²) in [6.07, 6.45) is 10.7. The lowest BCUT2D eigenvalue weighted by Gasteiger charge is -2.36. The van der Waals surface area contributed by atoms with E-state index in [4.69, 9.17) is 11.5 Å². The van der Waals surface area contributed by atoms with Crippen LogP contribution < -0.4 is 11.5 Å². The minimum Gasteiger partial charge on any atom is -0.368 e. The van der Waals surface area contributed by atoms with Gasteiger partial charge in [0.05, 0.1) is 5.54 Å². The number of amides is 1. The van der Waals surface area contributed by atoms with Crippen LogP contribution in [0.4, 0.5) is 0 Å². The molecule has 2 fully saturated rings. The van der Waals surface area contributed by atoms with Gasteiger partial charge in [0, 0.05) is 6.04 Å². The van der Waals surface area contributed by atoms with Crippen molar-refractivity contribution in [3.63, 3.8) is 0 Å². The zero-order chi connectivity index (χ0) is 14.6. The molecule has 1 amide bonds. The third-order valence-corrected chi connectivity index (χ3v) is 5.59.